The fraction of sp³-hybridized carbons (Fsp3) is 0.333. The third-order valence-electron chi connectivity index (χ3n) is 1.72. The molecule has 0 aromatic heterocycles. The zero-order chi connectivity index (χ0) is 12.3. The smallest absolute Gasteiger partial charge is 0.316 e. The molecule has 16 heavy (non-hydrogen) atoms. The van der Waals surface area contributed by atoms with Crippen LogP contribution in [-0.4, -0.2) is 15.6 Å². The Morgan fingerprint density at radius 3 is 2.56 bits per heavy atom. The van der Waals surface area contributed by atoms with Gasteiger partial charge >= 0.3 is 5.69 Å². The molecule has 0 bridgehead atoms. The summed E-state index contributed by atoms with van der Waals surface area (Å²) < 4.78 is 16.2. The molecule has 0 radical (unpaired) electrons. The van der Waals surface area contributed by atoms with Crippen LogP contribution in [0.1, 0.15) is 13.8 Å². The van der Waals surface area contributed by atoms with Crippen molar-refractivity contribution in [3.05, 3.63) is 28.3 Å². The molecule has 2 N–H and O–H groups in total. The monoisotopic (exact) mass is 244 g/mol. The molecule has 1 aromatic carbocycles. The van der Waals surface area contributed by atoms with Gasteiger partial charge in [-0.3, -0.25) is 10.1 Å². The first-order valence-corrected chi connectivity index (χ1v) is 5.74. The lowest BCUT2D eigenvalue weighted by Crippen LogP contribution is -2.13. The van der Waals surface area contributed by atoms with E-state index in [4.69, 9.17) is 9.88 Å². The highest BCUT2D eigenvalue weighted by atomic mass is 32.2. The van der Waals surface area contributed by atoms with Crippen molar-refractivity contribution in [1.29, 1.82) is 0 Å². The van der Waals surface area contributed by atoms with Gasteiger partial charge in [0.05, 0.1) is 28.5 Å². The molecule has 0 fully saturated rings. The van der Waals surface area contributed by atoms with Crippen molar-refractivity contribution in [3.63, 3.8) is 0 Å². The van der Waals surface area contributed by atoms with Crippen LogP contribution in [0, 0.1) is 10.1 Å². The largest absolute Gasteiger partial charge is 0.593 e. The third-order valence-corrected chi connectivity index (χ3v) is 2.44. The molecule has 6 nitrogen and oxygen atoms in total. The molecule has 88 valence electrons. The average molecular weight is 244 g/mol. The van der Waals surface area contributed by atoms with Gasteiger partial charge < -0.3 is 9.29 Å². The van der Waals surface area contributed by atoms with E-state index in [9.17, 15) is 14.7 Å². The van der Waals surface area contributed by atoms with Crippen LogP contribution in [0.5, 0.6) is 5.75 Å². The Hall–Kier alpha value is -1.31. The van der Waals surface area contributed by atoms with E-state index in [0.717, 1.165) is 6.07 Å². The van der Waals surface area contributed by atoms with Gasteiger partial charge in [-0.05, 0) is 26.0 Å². The van der Waals surface area contributed by atoms with Crippen LogP contribution < -0.4 is 9.88 Å². The number of nitrogens with two attached hydrogens (primary N) is 1. The van der Waals surface area contributed by atoms with Gasteiger partial charge in [-0.25, -0.2) is 0 Å². The maximum atomic E-state index is 11.0. The van der Waals surface area contributed by atoms with E-state index in [0.29, 0.717) is 0 Å². The highest BCUT2D eigenvalue weighted by Gasteiger charge is 2.20. The topological polar surface area (TPSA) is 101 Å². The van der Waals surface area contributed by atoms with Crippen molar-refractivity contribution < 1.29 is 14.2 Å². The fourth-order valence-electron chi connectivity index (χ4n) is 1.12. The SMILES string of the molecule is CC(C)Oc1ccc([S+](N)[O-])cc1[N+](=O)[O-]. The van der Waals surface area contributed by atoms with E-state index in [1.165, 1.54) is 12.1 Å². The van der Waals surface area contributed by atoms with Crippen LogP contribution >= 0.6 is 0 Å². The van der Waals surface area contributed by atoms with E-state index < -0.39 is 16.3 Å². The summed E-state index contributed by atoms with van der Waals surface area (Å²) in [7, 11) is 0. The zero-order valence-corrected chi connectivity index (χ0v) is 9.69. The summed E-state index contributed by atoms with van der Waals surface area (Å²) in [5.41, 5.74) is -0.231. The minimum atomic E-state index is -1.74. The molecule has 0 amide bonds. The molecule has 1 aromatic rings. The summed E-state index contributed by atoms with van der Waals surface area (Å²) in [6.07, 6.45) is -0.173. The van der Waals surface area contributed by atoms with Crippen molar-refractivity contribution in [1.82, 2.24) is 0 Å². The minimum absolute atomic E-state index is 0.147. The summed E-state index contributed by atoms with van der Waals surface area (Å²) in [6, 6.07) is 4.01. The lowest BCUT2D eigenvalue weighted by molar-refractivity contribution is -0.386. The summed E-state index contributed by atoms with van der Waals surface area (Å²) in [5, 5.41) is 15.9. The van der Waals surface area contributed by atoms with Crippen LogP contribution in [-0.2, 0) is 11.4 Å². The highest BCUT2D eigenvalue weighted by Crippen LogP contribution is 2.29. The molecule has 1 rings (SSSR count). The number of rotatable bonds is 4. The highest BCUT2D eigenvalue weighted by molar-refractivity contribution is 7.89. The second-order valence-electron chi connectivity index (χ2n) is 3.35. The van der Waals surface area contributed by atoms with Gasteiger partial charge in [0.15, 0.2) is 10.6 Å². The van der Waals surface area contributed by atoms with Gasteiger partial charge in [0.2, 0.25) is 0 Å². The summed E-state index contributed by atoms with van der Waals surface area (Å²) in [5.74, 6) is 0.147. The third kappa shape index (κ3) is 3.09. The molecule has 0 aliphatic heterocycles. The lowest BCUT2D eigenvalue weighted by atomic mass is 10.3. The molecule has 0 heterocycles. The number of nitrogens with zero attached hydrogens (tertiary/aromatic N) is 1. The van der Waals surface area contributed by atoms with Gasteiger partial charge in [0, 0.05) is 0 Å². The zero-order valence-electron chi connectivity index (χ0n) is 8.88. The standard InChI is InChI=1S/C9H12N2O4S/c1-6(2)15-9-4-3-7(16(10)14)5-8(9)11(12)13/h3-6H,10H2,1-2H3. The van der Waals surface area contributed by atoms with Gasteiger partial charge in [-0.15, -0.1) is 5.14 Å². The van der Waals surface area contributed by atoms with Crippen molar-refractivity contribution in [2.45, 2.75) is 24.8 Å². The number of benzene rings is 1. The summed E-state index contributed by atoms with van der Waals surface area (Å²) >= 11 is -1.74. The first-order valence-electron chi connectivity index (χ1n) is 4.53. The second kappa shape index (κ2) is 5.15. The number of nitro groups is 1. The predicted molar refractivity (Wildman–Crippen MR) is 59.5 cm³/mol. The second-order valence-corrected chi connectivity index (χ2v) is 4.42. The number of hydrogen-bond acceptors (Lipinski definition) is 5. The van der Waals surface area contributed by atoms with Crippen molar-refractivity contribution in [3.8, 4) is 5.75 Å². The first kappa shape index (κ1) is 12.8. The molecular weight excluding hydrogens is 232 g/mol. The van der Waals surface area contributed by atoms with E-state index >= 15 is 0 Å². The van der Waals surface area contributed by atoms with Crippen LogP contribution in [0.15, 0.2) is 23.1 Å². The Labute approximate surface area is 95.9 Å². The molecule has 0 saturated carbocycles. The quantitative estimate of drug-likeness (QED) is 0.489. The van der Waals surface area contributed by atoms with Crippen LogP contribution in [0.25, 0.3) is 0 Å². The van der Waals surface area contributed by atoms with Gasteiger partial charge in [0.25, 0.3) is 0 Å². The molecule has 1 atom stereocenters. The lowest BCUT2D eigenvalue weighted by Gasteiger charge is -2.10. The number of nitro benzene ring substituents is 1. The normalized spacial score (nSPS) is 12.6. The first-order chi connectivity index (χ1) is 7.41. The van der Waals surface area contributed by atoms with E-state index in [1.54, 1.807) is 13.8 Å². The van der Waals surface area contributed by atoms with Gasteiger partial charge in [-0.1, -0.05) is 0 Å². The van der Waals surface area contributed by atoms with Crippen LogP contribution in [0.2, 0.25) is 0 Å². The van der Waals surface area contributed by atoms with Crippen LogP contribution in [0.4, 0.5) is 5.69 Å². The molecular formula is C9H12N2O4S. The Kier molecular flexibility index (Phi) is 4.11. The minimum Gasteiger partial charge on any atom is -0.593 e. The van der Waals surface area contributed by atoms with Crippen LogP contribution in [0.3, 0.4) is 0 Å². The Bertz CT molecular complexity index is 395. The molecule has 0 saturated heterocycles. The van der Waals surface area contributed by atoms with Crippen molar-refractivity contribution in [2.24, 2.45) is 5.14 Å². The Morgan fingerprint density at radius 1 is 1.50 bits per heavy atom. The van der Waals surface area contributed by atoms with E-state index in [2.05, 4.69) is 0 Å². The Morgan fingerprint density at radius 2 is 2.12 bits per heavy atom. The molecule has 7 heteroatoms. The molecule has 0 aliphatic carbocycles. The molecule has 0 spiro atoms. The molecule has 0 aliphatic rings. The van der Waals surface area contributed by atoms with E-state index in [-0.39, 0.29) is 22.4 Å². The predicted octanol–water partition coefficient (Wildman–Crippen LogP) is 1.36. The maximum Gasteiger partial charge on any atom is 0.316 e. The number of ether oxygens (including phenoxy) is 1. The summed E-state index contributed by atoms with van der Waals surface area (Å²) in [4.78, 5) is 10.4. The average Bonchev–Trinajstić information content (AvgIpc) is 2.16. The molecule has 1 unspecified atom stereocenters. The van der Waals surface area contributed by atoms with E-state index in [1.807, 2.05) is 0 Å². The number of hydrogen-bond donors (Lipinski definition) is 1. The fourth-order valence-corrected chi connectivity index (χ4v) is 1.55. The van der Waals surface area contributed by atoms with Gasteiger partial charge in [0.1, 0.15) is 0 Å². The van der Waals surface area contributed by atoms with Crippen molar-refractivity contribution in [2.75, 3.05) is 0 Å². The Balaban J connectivity index is 3.14. The van der Waals surface area contributed by atoms with Gasteiger partial charge in [-0.2, -0.15) is 0 Å². The van der Waals surface area contributed by atoms with Crippen molar-refractivity contribution >= 4 is 17.0 Å². The summed E-state index contributed by atoms with van der Waals surface area (Å²) in [6.45, 7) is 3.53. The maximum absolute atomic E-state index is 11.0.